The van der Waals surface area contributed by atoms with Crippen LogP contribution in [-0.2, 0) is 14.8 Å². The van der Waals surface area contributed by atoms with Crippen molar-refractivity contribution in [1.29, 1.82) is 0 Å². The van der Waals surface area contributed by atoms with Crippen LogP contribution in [0.2, 0.25) is 0 Å². The molecule has 2 rings (SSSR count). The number of carbonyl (C=O) groups excluding carboxylic acids is 1. The van der Waals surface area contributed by atoms with Gasteiger partial charge in [0.05, 0.1) is 12.7 Å². The van der Waals surface area contributed by atoms with Crippen LogP contribution >= 0.6 is 0 Å². The van der Waals surface area contributed by atoms with E-state index in [4.69, 9.17) is 4.42 Å². The summed E-state index contributed by atoms with van der Waals surface area (Å²) in [5, 5.41) is -0.521. The van der Waals surface area contributed by atoms with Gasteiger partial charge in [0, 0.05) is 23.7 Å². The van der Waals surface area contributed by atoms with Crippen molar-refractivity contribution < 1.29 is 31.1 Å². The molecular formula is C14H13F2NO5S. The summed E-state index contributed by atoms with van der Waals surface area (Å²) in [5.41, 5.74) is -0.108. The van der Waals surface area contributed by atoms with Crippen LogP contribution in [0.25, 0.3) is 0 Å². The lowest BCUT2D eigenvalue weighted by Gasteiger charge is -2.14. The Bertz CT molecular complexity index is 831. The van der Waals surface area contributed by atoms with E-state index < -0.39 is 38.8 Å². The molecule has 0 bridgehead atoms. The smallest absolute Gasteiger partial charge is 0.341 e. The maximum Gasteiger partial charge on any atom is 0.341 e. The van der Waals surface area contributed by atoms with Crippen LogP contribution in [0.3, 0.4) is 0 Å². The minimum absolute atomic E-state index is 0.0327. The molecule has 2 aromatic rings. The topological polar surface area (TPSA) is 85.6 Å². The second kappa shape index (κ2) is 6.47. The molecule has 0 saturated heterocycles. The molecule has 0 unspecified atom stereocenters. The van der Waals surface area contributed by atoms with Gasteiger partial charge in [0.2, 0.25) is 5.09 Å². The first kappa shape index (κ1) is 17.1. The summed E-state index contributed by atoms with van der Waals surface area (Å²) in [6.45, 7) is 1.39. The molecule has 0 spiro atoms. The zero-order chi connectivity index (χ0) is 17.2. The molecule has 0 aliphatic rings. The molecule has 1 heterocycles. The Labute approximate surface area is 131 Å². The van der Waals surface area contributed by atoms with Crippen LogP contribution < -0.4 is 4.72 Å². The van der Waals surface area contributed by atoms with E-state index in [1.54, 1.807) is 0 Å². The van der Waals surface area contributed by atoms with E-state index in [1.165, 1.54) is 6.92 Å². The van der Waals surface area contributed by atoms with Gasteiger partial charge in [-0.05, 0) is 13.0 Å². The van der Waals surface area contributed by atoms with E-state index >= 15 is 0 Å². The number of carbonyl (C=O) groups is 1. The largest absolute Gasteiger partial charge is 0.465 e. The minimum atomic E-state index is -4.14. The zero-order valence-electron chi connectivity index (χ0n) is 12.2. The monoisotopic (exact) mass is 345 g/mol. The molecule has 0 radical (unpaired) electrons. The van der Waals surface area contributed by atoms with E-state index in [-0.39, 0.29) is 11.1 Å². The van der Waals surface area contributed by atoms with Crippen molar-refractivity contribution in [2.24, 2.45) is 0 Å². The Hall–Kier alpha value is -2.26. The molecular weight excluding hydrogens is 332 g/mol. The van der Waals surface area contributed by atoms with Gasteiger partial charge in [0.1, 0.15) is 17.9 Å². The zero-order valence-corrected chi connectivity index (χ0v) is 13.0. The number of hydrogen-bond acceptors (Lipinski definition) is 5. The number of nitrogens with one attached hydrogen (secondary N) is 1. The number of sulfonamides is 1. The Morgan fingerprint density at radius 3 is 2.61 bits per heavy atom. The Kier molecular flexibility index (Phi) is 4.81. The van der Waals surface area contributed by atoms with Gasteiger partial charge in [-0.25, -0.2) is 26.7 Å². The molecule has 23 heavy (non-hydrogen) atoms. The predicted octanol–water partition coefficient (Wildman–Crippen LogP) is 2.38. The van der Waals surface area contributed by atoms with Crippen molar-refractivity contribution in [1.82, 2.24) is 4.72 Å². The molecule has 9 heteroatoms. The lowest BCUT2D eigenvalue weighted by Crippen LogP contribution is -2.27. The normalized spacial score (nSPS) is 12.9. The van der Waals surface area contributed by atoms with Crippen LogP contribution in [0, 0.1) is 11.6 Å². The van der Waals surface area contributed by atoms with Gasteiger partial charge < -0.3 is 9.15 Å². The fraction of sp³-hybridized carbons (Fsp3) is 0.214. The number of furan rings is 1. The lowest BCUT2D eigenvalue weighted by atomic mass is 10.1. The summed E-state index contributed by atoms with van der Waals surface area (Å²) in [7, 11) is -3.00. The summed E-state index contributed by atoms with van der Waals surface area (Å²) < 4.78 is 62.4. The van der Waals surface area contributed by atoms with E-state index in [0.717, 1.165) is 31.6 Å². The second-order valence-electron chi connectivity index (χ2n) is 4.65. The number of ether oxygens (including phenoxy) is 1. The quantitative estimate of drug-likeness (QED) is 0.841. The number of hydrogen-bond donors (Lipinski definition) is 1. The summed E-state index contributed by atoms with van der Waals surface area (Å²) in [6.07, 6.45) is 0.934. The second-order valence-corrected chi connectivity index (χ2v) is 6.30. The number of rotatable bonds is 5. The van der Waals surface area contributed by atoms with Crippen molar-refractivity contribution in [3.63, 3.8) is 0 Å². The molecule has 124 valence electrons. The average molecular weight is 345 g/mol. The van der Waals surface area contributed by atoms with Gasteiger partial charge in [-0.15, -0.1) is 0 Å². The number of benzene rings is 1. The van der Waals surface area contributed by atoms with Gasteiger partial charge in [-0.2, -0.15) is 0 Å². The van der Waals surface area contributed by atoms with E-state index in [0.29, 0.717) is 6.07 Å². The van der Waals surface area contributed by atoms with E-state index in [2.05, 4.69) is 9.46 Å². The molecule has 0 fully saturated rings. The fourth-order valence-corrected chi connectivity index (χ4v) is 3.05. The molecule has 1 aromatic carbocycles. The molecule has 1 N–H and O–H groups in total. The lowest BCUT2D eigenvalue weighted by molar-refractivity contribution is 0.0600. The van der Waals surface area contributed by atoms with Crippen LogP contribution in [0.4, 0.5) is 8.78 Å². The highest BCUT2D eigenvalue weighted by Crippen LogP contribution is 2.21. The first-order valence-corrected chi connectivity index (χ1v) is 7.87. The number of esters is 1. The Morgan fingerprint density at radius 1 is 1.30 bits per heavy atom. The van der Waals surface area contributed by atoms with Crippen LogP contribution in [-0.4, -0.2) is 21.5 Å². The van der Waals surface area contributed by atoms with Crippen molar-refractivity contribution in [3.8, 4) is 0 Å². The molecule has 1 aromatic heterocycles. The van der Waals surface area contributed by atoms with Crippen LogP contribution in [0.1, 0.15) is 28.9 Å². The number of methoxy groups -OCH3 is 1. The van der Waals surface area contributed by atoms with Crippen molar-refractivity contribution in [2.45, 2.75) is 18.1 Å². The first-order chi connectivity index (χ1) is 10.7. The van der Waals surface area contributed by atoms with Gasteiger partial charge in [-0.3, -0.25) is 0 Å². The molecule has 6 nitrogen and oxygen atoms in total. The van der Waals surface area contributed by atoms with E-state index in [9.17, 15) is 22.0 Å². The third-order valence-electron chi connectivity index (χ3n) is 3.02. The van der Waals surface area contributed by atoms with Crippen molar-refractivity contribution in [2.75, 3.05) is 7.11 Å². The van der Waals surface area contributed by atoms with E-state index in [1.807, 2.05) is 0 Å². The maximum absolute atomic E-state index is 13.7. The van der Waals surface area contributed by atoms with Gasteiger partial charge >= 0.3 is 5.97 Å². The molecule has 1 atom stereocenters. The fourth-order valence-electron chi connectivity index (χ4n) is 1.89. The highest BCUT2D eigenvalue weighted by atomic mass is 32.2. The van der Waals surface area contributed by atoms with Gasteiger partial charge in [-0.1, -0.05) is 6.07 Å². The summed E-state index contributed by atoms with van der Waals surface area (Å²) in [5.74, 6) is -2.40. The van der Waals surface area contributed by atoms with Gasteiger partial charge in [0.15, 0.2) is 0 Å². The average Bonchev–Trinajstić information content (AvgIpc) is 2.96. The third-order valence-corrected chi connectivity index (χ3v) is 4.43. The minimum Gasteiger partial charge on any atom is -0.465 e. The first-order valence-electron chi connectivity index (χ1n) is 6.38. The van der Waals surface area contributed by atoms with Crippen molar-refractivity contribution in [3.05, 3.63) is 53.3 Å². The summed E-state index contributed by atoms with van der Waals surface area (Å²) >= 11 is 0. The van der Waals surface area contributed by atoms with Crippen molar-refractivity contribution >= 4 is 16.0 Å². The number of halogens is 2. The predicted molar refractivity (Wildman–Crippen MR) is 75.1 cm³/mol. The molecule has 0 saturated carbocycles. The Morgan fingerprint density at radius 2 is 2.00 bits per heavy atom. The maximum atomic E-state index is 13.7. The highest BCUT2D eigenvalue weighted by Gasteiger charge is 2.25. The van der Waals surface area contributed by atoms with Crippen LogP contribution in [0.5, 0.6) is 0 Å². The standard InChI is InChI=1S/C14H13F2NO5S/c1-8(11-4-3-10(15)6-12(11)16)17-23(19,20)13-5-9(7-22-13)14(18)21-2/h3-8,17H,1-2H3/t8-/m1/s1. The van der Waals surface area contributed by atoms with Gasteiger partial charge in [0.25, 0.3) is 10.0 Å². The SMILES string of the molecule is COC(=O)c1coc(S(=O)(=O)N[C@H](C)c2ccc(F)cc2F)c1. The Balaban J connectivity index is 2.23. The molecule has 0 aliphatic carbocycles. The molecule has 0 aliphatic heterocycles. The van der Waals surface area contributed by atoms with Crippen LogP contribution in [0.15, 0.2) is 40.0 Å². The molecule has 0 amide bonds. The summed E-state index contributed by atoms with van der Waals surface area (Å²) in [6, 6.07) is 2.82. The highest BCUT2D eigenvalue weighted by molar-refractivity contribution is 7.89. The summed E-state index contributed by atoms with van der Waals surface area (Å²) in [4.78, 5) is 11.3. The third kappa shape index (κ3) is 3.74.